The van der Waals surface area contributed by atoms with Crippen molar-refractivity contribution in [3.05, 3.63) is 29.8 Å². The van der Waals surface area contributed by atoms with E-state index < -0.39 is 15.9 Å². The first-order chi connectivity index (χ1) is 8.45. The first kappa shape index (κ1) is 12.9. The fourth-order valence-electron chi connectivity index (χ4n) is 1.97. The van der Waals surface area contributed by atoms with E-state index in [4.69, 9.17) is 0 Å². The molecule has 0 saturated carbocycles. The monoisotopic (exact) mass is 268 g/mol. The van der Waals surface area contributed by atoms with Crippen molar-refractivity contribution in [2.45, 2.75) is 17.9 Å². The number of carbonyl (C=O) groups is 1. The quantitative estimate of drug-likeness (QED) is 0.875. The van der Waals surface area contributed by atoms with E-state index in [1.54, 1.807) is 31.3 Å². The number of sulfone groups is 1. The van der Waals surface area contributed by atoms with Crippen LogP contribution in [0.15, 0.2) is 29.2 Å². The normalized spacial score (nSPS) is 20.2. The topological polar surface area (TPSA) is 66.5 Å². The van der Waals surface area contributed by atoms with Gasteiger partial charge >= 0.3 is 6.03 Å². The Hall–Kier alpha value is -1.56. The molecule has 1 aliphatic rings. The number of urea groups is 1. The van der Waals surface area contributed by atoms with Crippen LogP contribution in [0.25, 0.3) is 0 Å². The Bertz CT molecular complexity index is 568. The molecule has 1 aromatic carbocycles. The summed E-state index contributed by atoms with van der Waals surface area (Å²) in [6.45, 7) is 2.44. The first-order valence-electron chi connectivity index (χ1n) is 5.79. The summed E-state index contributed by atoms with van der Waals surface area (Å²) in [5.74, 6) is -0.0599. The summed E-state index contributed by atoms with van der Waals surface area (Å²) in [7, 11) is -1.59. The number of benzene rings is 1. The van der Waals surface area contributed by atoms with Crippen LogP contribution in [0.3, 0.4) is 0 Å². The van der Waals surface area contributed by atoms with Crippen molar-refractivity contribution in [1.82, 2.24) is 10.2 Å². The minimum absolute atomic E-state index is 0.0599. The molecule has 0 aromatic heterocycles. The van der Waals surface area contributed by atoms with Crippen LogP contribution in [-0.4, -0.2) is 38.7 Å². The molecule has 0 fully saturated rings. The van der Waals surface area contributed by atoms with E-state index in [9.17, 15) is 13.2 Å². The van der Waals surface area contributed by atoms with Gasteiger partial charge in [-0.2, -0.15) is 0 Å². The fourth-order valence-corrected chi connectivity index (χ4v) is 3.71. The standard InChI is InChI=1S/C12H16N2O3S/c1-3-14(2)12(15)13-10-8-18(16,17)11-7-5-4-6-9(10)11/h4-7,10H,3,8H2,1-2H3,(H,13,15)/t10-/m0/s1. The lowest BCUT2D eigenvalue weighted by Gasteiger charge is -2.19. The number of nitrogens with one attached hydrogen (secondary N) is 1. The lowest BCUT2D eigenvalue weighted by Crippen LogP contribution is -2.39. The van der Waals surface area contributed by atoms with Crippen LogP contribution >= 0.6 is 0 Å². The van der Waals surface area contributed by atoms with Gasteiger partial charge in [0.2, 0.25) is 0 Å². The van der Waals surface area contributed by atoms with Gasteiger partial charge in [-0.3, -0.25) is 0 Å². The van der Waals surface area contributed by atoms with Crippen molar-refractivity contribution in [2.75, 3.05) is 19.3 Å². The zero-order chi connectivity index (χ0) is 13.3. The molecule has 6 heteroatoms. The summed E-state index contributed by atoms with van der Waals surface area (Å²) >= 11 is 0. The molecule has 2 amide bonds. The molecule has 5 nitrogen and oxygen atoms in total. The molecule has 1 atom stereocenters. The van der Waals surface area contributed by atoms with Crippen molar-refractivity contribution in [2.24, 2.45) is 0 Å². The van der Waals surface area contributed by atoms with Gasteiger partial charge in [-0.05, 0) is 18.6 Å². The maximum atomic E-state index is 11.9. The third-order valence-corrected chi connectivity index (χ3v) is 4.95. The number of hydrogen-bond donors (Lipinski definition) is 1. The van der Waals surface area contributed by atoms with Crippen LogP contribution in [-0.2, 0) is 9.84 Å². The average Bonchev–Trinajstić information content (AvgIpc) is 2.61. The number of amides is 2. The maximum absolute atomic E-state index is 11.9. The number of fused-ring (bicyclic) bond motifs is 1. The molecule has 0 saturated heterocycles. The second-order valence-corrected chi connectivity index (χ2v) is 6.34. The molecule has 0 aliphatic carbocycles. The largest absolute Gasteiger partial charge is 0.330 e. The smallest absolute Gasteiger partial charge is 0.317 e. The minimum atomic E-state index is -3.27. The molecule has 1 heterocycles. The number of carbonyl (C=O) groups excluding carboxylic acids is 1. The molecule has 1 aliphatic heterocycles. The zero-order valence-corrected chi connectivity index (χ0v) is 11.2. The molecule has 0 spiro atoms. The summed E-state index contributed by atoms with van der Waals surface area (Å²) in [5, 5.41) is 2.75. The zero-order valence-electron chi connectivity index (χ0n) is 10.4. The Kier molecular flexibility index (Phi) is 3.30. The van der Waals surface area contributed by atoms with Crippen LogP contribution in [0, 0.1) is 0 Å². The van der Waals surface area contributed by atoms with Gasteiger partial charge in [-0.25, -0.2) is 13.2 Å². The van der Waals surface area contributed by atoms with Crippen LogP contribution < -0.4 is 5.32 Å². The second-order valence-electron chi connectivity index (χ2n) is 4.34. The Balaban J connectivity index is 2.26. The van der Waals surface area contributed by atoms with Crippen LogP contribution in [0.2, 0.25) is 0 Å². The Morgan fingerprint density at radius 2 is 2.11 bits per heavy atom. The summed E-state index contributed by atoms with van der Waals surface area (Å²) < 4.78 is 23.8. The third kappa shape index (κ3) is 2.20. The van der Waals surface area contributed by atoms with Crippen molar-refractivity contribution < 1.29 is 13.2 Å². The molecular formula is C12H16N2O3S. The van der Waals surface area contributed by atoms with Crippen LogP contribution in [0.4, 0.5) is 4.79 Å². The van der Waals surface area contributed by atoms with Gasteiger partial charge in [0.25, 0.3) is 0 Å². The Morgan fingerprint density at radius 3 is 2.78 bits per heavy atom. The van der Waals surface area contributed by atoms with E-state index in [1.165, 1.54) is 4.90 Å². The summed E-state index contributed by atoms with van der Waals surface area (Å²) in [6, 6.07) is 6.10. The number of hydrogen-bond acceptors (Lipinski definition) is 3. The highest BCUT2D eigenvalue weighted by atomic mass is 32.2. The van der Waals surface area contributed by atoms with Crippen molar-refractivity contribution in [3.63, 3.8) is 0 Å². The highest BCUT2D eigenvalue weighted by Gasteiger charge is 2.35. The average molecular weight is 268 g/mol. The van der Waals surface area contributed by atoms with E-state index in [0.29, 0.717) is 17.0 Å². The Labute approximate surface area is 107 Å². The van der Waals surface area contributed by atoms with E-state index in [2.05, 4.69) is 5.32 Å². The van der Waals surface area contributed by atoms with E-state index >= 15 is 0 Å². The van der Waals surface area contributed by atoms with Gasteiger partial charge in [0.1, 0.15) is 0 Å². The molecule has 0 bridgehead atoms. The third-order valence-electron chi connectivity index (χ3n) is 3.13. The summed E-state index contributed by atoms with van der Waals surface area (Å²) in [6.07, 6.45) is 0. The van der Waals surface area contributed by atoms with Crippen LogP contribution in [0.5, 0.6) is 0 Å². The van der Waals surface area contributed by atoms with Crippen molar-refractivity contribution in [3.8, 4) is 0 Å². The number of rotatable bonds is 2. The molecule has 0 radical (unpaired) electrons. The highest BCUT2D eigenvalue weighted by Crippen LogP contribution is 2.32. The lowest BCUT2D eigenvalue weighted by atomic mass is 10.1. The second kappa shape index (κ2) is 4.61. The van der Waals surface area contributed by atoms with Crippen molar-refractivity contribution in [1.29, 1.82) is 0 Å². The molecular weight excluding hydrogens is 252 g/mol. The van der Waals surface area contributed by atoms with E-state index in [1.807, 2.05) is 6.92 Å². The predicted octanol–water partition coefficient (Wildman–Crippen LogP) is 1.18. The maximum Gasteiger partial charge on any atom is 0.317 e. The lowest BCUT2D eigenvalue weighted by molar-refractivity contribution is 0.208. The van der Waals surface area contributed by atoms with Gasteiger partial charge in [-0.1, -0.05) is 18.2 Å². The van der Waals surface area contributed by atoms with E-state index in [-0.39, 0.29) is 11.8 Å². The van der Waals surface area contributed by atoms with Crippen molar-refractivity contribution >= 4 is 15.9 Å². The molecule has 1 aromatic rings. The van der Waals surface area contributed by atoms with Gasteiger partial charge in [0.05, 0.1) is 16.7 Å². The first-order valence-corrected chi connectivity index (χ1v) is 7.44. The van der Waals surface area contributed by atoms with Gasteiger partial charge in [-0.15, -0.1) is 0 Å². The van der Waals surface area contributed by atoms with Gasteiger partial charge in [0.15, 0.2) is 9.84 Å². The number of nitrogens with zero attached hydrogens (tertiary/aromatic N) is 1. The SMILES string of the molecule is CCN(C)C(=O)N[C@H]1CS(=O)(=O)c2ccccc21. The van der Waals surface area contributed by atoms with E-state index in [0.717, 1.165) is 0 Å². The highest BCUT2D eigenvalue weighted by molar-refractivity contribution is 7.91. The minimum Gasteiger partial charge on any atom is -0.330 e. The predicted molar refractivity (Wildman–Crippen MR) is 68.1 cm³/mol. The van der Waals surface area contributed by atoms with Gasteiger partial charge < -0.3 is 10.2 Å². The molecule has 1 N–H and O–H groups in total. The summed E-state index contributed by atoms with van der Waals surface area (Å²) in [5.41, 5.74) is 0.676. The fraction of sp³-hybridized carbons (Fsp3) is 0.417. The van der Waals surface area contributed by atoms with Crippen LogP contribution in [0.1, 0.15) is 18.5 Å². The molecule has 98 valence electrons. The molecule has 2 rings (SSSR count). The molecule has 0 unspecified atom stereocenters. The van der Waals surface area contributed by atoms with Gasteiger partial charge in [0, 0.05) is 13.6 Å². The summed E-state index contributed by atoms with van der Waals surface area (Å²) in [4.78, 5) is 13.6. The Morgan fingerprint density at radius 1 is 1.44 bits per heavy atom. The molecule has 18 heavy (non-hydrogen) atoms.